The van der Waals surface area contributed by atoms with Gasteiger partial charge >= 0.3 is 0 Å². The average Bonchev–Trinajstić information content (AvgIpc) is 2.37. The van der Waals surface area contributed by atoms with Gasteiger partial charge in [-0.05, 0) is 35.9 Å². The monoisotopic (exact) mass is 322 g/mol. The number of ketones is 1. The van der Waals surface area contributed by atoms with E-state index in [1.54, 1.807) is 6.08 Å². The van der Waals surface area contributed by atoms with Crippen LogP contribution in [0.3, 0.4) is 0 Å². The number of hydrogen-bond acceptors (Lipinski definition) is 1. The van der Waals surface area contributed by atoms with E-state index < -0.39 is 17.4 Å². The molecule has 2 aromatic carbocycles. The van der Waals surface area contributed by atoms with Crippen molar-refractivity contribution in [3.8, 4) is 0 Å². The van der Waals surface area contributed by atoms with Gasteiger partial charge in [-0.2, -0.15) is 0 Å². The summed E-state index contributed by atoms with van der Waals surface area (Å²) >= 11 is 3.30. The maximum Gasteiger partial charge on any atom is 0.188 e. The Morgan fingerprint density at radius 1 is 1.05 bits per heavy atom. The molecule has 0 saturated carbocycles. The highest BCUT2D eigenvalue weighted by molar-refractivity contribution is 9.10. The molecule has 0 fully saturated rings. The summed E-state index contributed by atoms with van der Waals surface area (Å²) in [5.74, 6) is -2.06. The highest BCUT2D eigenvalue weighted by Gasteiger charge is 2.09. The van der Waals surface area contributed by atoms with Crippen LogP contribution in [-0.4, -0.2) is 5.78 Å². The van der Waals surface area contributed by atoms with E-state index in [0.29, 0.717) is 6.07 Å². The van der Waals surface area contributed by atoms with Crippen LogP contribution in [0.1, 0.15) is 15.9 Å². The van der Waals surface area contributed by atoms with Crippen LogP contribution in [0, 0.1) is 11.6 Å². The molecule has 19 heavy (non-hydrogen) atoms. The van der Waals surface area contributed by atoms with Gasteiger partial charge in [-0.15, -0.1) is 0 Å². The lowest BCUT2D eigenvalue weighted by Crippen LogP contribution is -1.99. The van der Waals surface area contributed by atoms with E-state index in [4.69, 9.17) is 0 Å². The summed E-state index contributed by atoms with van der Waals surface area (Å²) in [6, 6.07) is 10.2. The summed E-state index contributed by atoms with van der Waals surface area (Å²) < 4.78 is 27.0. The molecule has 0 aliphatic carbocycles. The highest BCUT2D eigenvalue weighted by Crippen LogP contribution is 2.14. The molecule has 2 rings (SSSR count). The van der Waals surface area contributed by atoms with Gasteiger partial charge in [0, 0.05) is 10.5 Å². The number of rotatable bonds is 3. The maximum absolute atomic E-state index is 13.4. The van der Waals surface area contributed by atoms with Crippen molar-refractivity contribution >= 4 is 27.8 Å². The zero-order valence-electron chi connectivity index (χ0n) is 9.74. The Balaban J connectivity index is 2.18. The second kappa shape index (κ2) is 5.89. The van der Waals surface area contributed by atoms with Crippen LogP contribution in [0.5, 0.6) is 0 Å². The van der Waals surface area contributed by atoms with Crippen LogP contribution in [-0.2, 0) is 0 Å². The van der Waals surface area contributed by atoms with E-state index in [1.165, 1.54) is 6.08 Å². The SMILES string of the molecule is O=C(/C=C/c1ccc(Br)cc1)c1ccc(F)cc1F. The standard InChI is InChI=1S/C15H9BrF2O/c16-11-4-1-10(2-5-11)3-8-15(19)13-7-6-12(17)9-14(13)18/h1-9H/b8-3+. The first kappa shape index (κ1) is 13.6. The molecule has 2 aromatic rings. The molecule has 4 heteroatoms. The Labute approximate surface area is 117 Å². The summed E-state index contributed by atoms with van der Waals surface area (Å²) in [6.07, 6.45) is 2.84. The molecule has 0 heterocycles. The van der Waals surface area contributed by atoms with E-state index >= 15 is 0 Å². The number of carbonyl (C=O) groups is 1. The molecule has 0 aromatic heterocycles. The van der Waals surface area contributed by atoms with Crippen molar-refractivity contribution in [1.82, 2.24) is 0 Å². The third kappa shape index (κ3) is 3.58. The van der Waals surface area contributed by atoms with Crippen LogP contribution in [0.2, 0.25) is 0 Å². The fourth-order valence-electron chi connectivity index (χ4n) is 1.52. The zero-order chi connectivity index (χ0) is 13.8. The summed E-state index contributed by atoms with van der Waals surface area (Å²) in [6.45, 7) is 0. The first-order chi connectivity index (χ1) is 9.06. The van der Waals surface area contributed by atoms with E-state index in [1.807, 2.05) is 24.3 Å². The van der Waals surface area contributed by atoms with E-state index in [2.05, 4.69) is 15.9 Å². The number of carbonyl (C=O) groups excluding carboxylic acids is 1. The van der Waals surface area contributed by atoms with Crippen LogP contribution >= 0.6 is 15.9 Å². The van der Waals surface area contributed by atoms with Gasteiger partial charge in [-0.3, -0.25) is 4.79 Å². The lowest BCUT2D eigenvalue weighted by Gasteiger charge is -1.98. The lowest BCUT2D eigenvalue weighted by atomic mass is 10.1. The molecule has 0 unspecified atom stereocenters. The minimum Gasteiger partial charge on any atom is -0.289 e. The predicted octanol–water partition coefficient (Wildman–Crippen LogP) is 4.62. The van der Waals surface area contributed by atoms with E-state index in [9.17, 15) is 13.6 Å². The van der Waals surface area contributed by atoms with Crippen molar-refractivity contribution in [2.24, 2.45) is 0 Å². The average molecular weight is 323 g/mol. The molecule has 0 atom stereocenters. The normalized spacial score (nSPS) is 10.9. The third-order valence-electron chi connectivity index (χ3n) is 2.49. The van der Waals surface area contributed by atoms with Gasteiger partial charge in [0.05, 0.1) is 5.56 Å². The summed E-state index contributed by atoms with van der Waals surface area (Å²) in [7, 11) is 0. The van der Waals surface area contributed by atoms with Crippen LogP contribution in [0.25, 0.3) is 6.08 Å². The molecule has 0 spiro atoms. The van der Waals surface area contributed by atoms with Gasteiger partial charge < -0.3 is 0 Å². The van der Waals surface area contributed by atoms with Crippen LogP contribution in [0.4, 0.5) is 8.78 Å². The fraction of sp³-hybridized carbons (Fsp3) is 0. The van der Waals surface area contributed by atoms with Gasteiger partial charge in [0.1, 0.15) is 11.6 Å². The Morgan fingerprint density at radius 2 is 1.74 bits per heavy atom. The van der Waals surface area contributed by atoms with Crippen LogP contribution in [0.15, 0.2) is 53.0 Å². The van der Waals surface area contributed by atoms with Gasteiger partial charge in [0.2, 0.25) is 0 Å². The van der Waals surface area contributed by atoms with Gasteiger partial charge in [-0.1, -0.05) is 34.1 Å². The molecule has 0 bridgehead atoms. The molecule has 0 radical (unpaired) electrons. The number of hydrogen-bond donors (Lipinski definition) is 0. The first-order valence-corrected chi connectivity index (χ1v) is 6.28. The molecule has 0 N–H and O–H groups in total. The summed E-state index contributed by atoms with van der Waals surface area (Å²) in [5.41, 5.74) is 0.675. The highest BCUT2D eigenvalue weighted by atomic mass is 79.9. The van der Waals surface area contributed by atoms with Crippen molar-refractivity contribution in [2.75, 3.05) is 0 Å². The molecule has 0 aliphatic rings. The van der Waals surface area contributed by atoms with Gasteiger partial charge in [0.25, 0.3) is 0 Å². The first-order valence-electron chi connectivity index (χ1n) is 5.49. The predicted molar refractivity (Wildman–Crippen MR) is 73.9 cm³/mol. The minimum atomic E-state index is -0.856. The molecular weight excluding hydrogens is 314 g/mol. The van der Waals surface area contributed by atoms with Crippen molar-refractivity contribution in [1.29, 1.82) is 0 Å². The third-order valence-corrected chi connectivity index (χ3v) is 3.02. The van der Waals surface area contributed by atoms with Gasteiger partial charge in [0.15, 0.2) is 5.78 Å². The number of benzene rings is 2. The lowest BCUT2D eigenvalue weighted by molar-refractivity contribution is 0.104. The molecule has 1 nitrogen and oxygen atoms in total. The summed E-state index contributed by atoms with van der Waals surface area (Å²) in [5, 5.41) is 0. The smallest absolute Gasteiger partial charge is 0.188 e. The fourth-order valence-corrected chi connectivity index (χ4v) is 1.79. The Bertz CT molecular complexity index is 633. The Morgan fingerprint density at radius 3 is 2.37 bits per heavy atom. The molecule has 0 saturated heterocycles. The quantitative estimate of drug-likeness (QED) is 0.595. The van der Waals surface area contributed by atoms with Gasteiger partial charge in [-0.25, -0.2) is 8.78 Å². The number of allylic oxidation sites excluding steroid dienone is 1. The molecule has 96 valence electrons. The van der Waals surface area contributed by atoms with Crippen molar-refractivity contribution in [3.63, 3.8) is 0 Å². The Kier molecular flexibility index (Phi) is 4.22. The molecule has 0 aliphatic heterocycles. The molecular formula is C15H9BrF2O. The molecule has 0 amide bonds. The number of halogens is 3. The Hall–Kier alpha value is -1.81. The topological polar surface area (TPSA) is 17.1 Å². The largest absolute Gasteiger partial charge is 0.289 e. The van der Waals surface area contributed by atoms with Crippen molar-refractivity contribution < 1.29 is 13.6 Å². The van der Waals surface area contributed by atoms with Crippen molar-refractivity contribution in [2.45, 2.75) is 0 Å². The van der Waals surface area contributed by atoms with E-state index in [-0.39, 0.29) is 5.56 Å². The zero-order valence-corrected chi connectivity index (χ0v) is 11.3. The maximum atomic E-state index is 13.4. The van der Waals surface area contributed by atoms with Crippen LogP contribution < -0.4 is 0 Å². The summed E-state index contributed by atoms with van der Waals surface area (Å²) in [4.78, 5) is 11.8. The van der Waals surface area contributed by atoms with Crippen molar-refractivity contribution in [3.05, 3.63) is 75.8 Å². The van der Waals surface area contributed by atoms with E-state index in [0.717, 1.165) is 22.2 Å². The second-order valence-corrected chi connectivity index (χ2v) is 4.79. The second-order valence-electron chi connectivity index (χ2n) is 3.87. The minimum absolute atomic E-state index is 0.144.